The number of hydrogen-bond donors (Lipinski definition) is 1. The lowest BCUT2D eigenvalue weighted by atomic mass is 11.0. The van der Waals surface area contributed by atoms with E-state index in [4.69, 9.17) is 4.80 Å². The van der Waals surface area contributed by atoms with Gasteiger partial charge in [0.1, 0.15) is 0 Å². The van der Waals surface area contributed by atoms with Gasteiger partial charge in [0.15, 0.2) is 0 Å². The van der Waals surface area contributed by atoms with Gasteiger partial charge in [0.05, 0.1) is 0 Å². The second-order valence-corrected chi connectivity index (χ2v) is 4.09. The van der Waals surface area contributed by atoms with Crippen molar-refractivity contribution in [3.05, 3.63) is 0 Å². The summed E-state index contributed by atoms with van der Waals surface area (Å²) < 4.78 is 0.280. The minimum atomic E-state index is 0.0309. The van der Waals surface area contributed by atoms with E-state index in [1.807, 2.05) is 6.92 Å². The van der Waals surface area contributed by atoms with Crippen molar-refractivity contribution in [3.63, 3.8) is 0 Å². The Morgan fingerprint density at radius 2 is 2.20 bits per heavy atom. The van der Waals surface area contributed by atoms with Gasteiger partial charge in [-0.25, -0.2) is 0 Å². The minimum Gasteiger partial charge on any atom is -0.431 e. The van der Waals surface area contributed by atoms with Crippen LogP contribution in [0.4, 0.5) is 0 Å². The Bertz CT molecular complexity index is 23.6. The fraction of sp³-hybridized carbons (Fsp3) is 1.00. The monoisotopic (exact) mass is 152 g/mol. The predicted molar refractivity (Wildman–Crippen MR) is 26.4 cm³/mol. The van der Waals surface area contributed by atoms with Gasteiger partial charge < -0.3 is 4.80 Å². The highest BCUT2D eigenvalue weighted by Crippen LogP contribution is 1.89. The first-order chi connectivity index (χ1) is 2.27. The maximum atomic E-state index is 8.12. The van der Waals surface area contributed by atoms with E-state index < -0.39 is 0 Å². The predicted octanol–water partition coefficient (Wildman–Crippen LogP) is 0.339. The molecule has 1 N–H and O–H groups in total. The van der Waals surface area contributed by atoms with Crippen molar-refractivity contribution < 1.29 is 4.80 Å². The van der Waals surface area contributed by atoms with Crippen LogP contribution < -0.4 is 0 Å². The average Bonchev–Trinajstić information content (AvgIpc) is 1.38. The zero-order valence-electron chi connectivity index (χ0n) is 2.90. The molecule has 0 fully saturated rings. The molecule has 0 amide bonds. The minimum absolute atomic E-state index is 0.0309. The molecule has 0 saturated heterocycles. The highest BCUT2D eigenvalue weighted by atomic mass is 79.9. The lowest BCUT2D eigenvalue weighted by Gasteiger charge is -1.84. The summed E-state index contributed by atoms with van der Waals surface area (Å²) in [5.41, 5.74) is 0. The summed E-state index contributed by atoms with van der Waals surface area (Å²) in [5.74, 6) is 0. The van der Waals surface area contributed by atoms with Crippen LogP contribution in [-0.4, -0.2) is 19.0 Å². The van der Waals surface area contributed by atoms with E-state index >= 15 is 0 Å². The van der Waals surface area contributed by atoms with Crippen LogP contribution in [0.1, 0.15) is 6.92 Å². The molecule has 0 aliphatic rings. The third kappa shape index (κ3) is 4.66. The van der Waals surface area contributed by atoms with Crippen molar-refractivity contribution in [2.45, 2.75) is 11.4 Å². The topological polar surface area (TPSA) is 20.2 Å². The van der Waals surface area contributed by atoms with Crippen molar-refractivity contribution in [3.8, 4) is 0 Å². The second kappa shape index (κ2) is 2.87. The third-order valence-corrected chi connectivity index (χ3v) is 1.15. The number of rotatable bonds is 1. The van der Waals surface area contributed by atoms with Crippen LogP contribution >= 0.6 is 15.9 Å². The first kappa shape index (κ1) is 5.66. The molecule has 0 spiro atoms. The Morgan fingerprint density at radius 1 is 2.00 bits per heavy atom. The summed E-state index contributed by atoms with van der Waals surface area (Å²) in [4.78, 5) is 8.12. The molecule has 0 aromatic rings. The van der Waals surface area contributed by atoms with Crippen molar-refractivity contribution in [1.82, 2.24) is 0 Å². The van der Waals surface area contributed by atoms with Crippen LogP contribution in [0.25, 0.3) is 0 Å². The Hall–Kier alpha value is 0.657. The van der Waals surface area contributed by atoms with E-state index in [2.05, 4.69) is 15.9 Å². The first-order valence-electron chi connectivity index (χ1n) is 1.31. The van der Waals surface area contributed by atoms with E-state index in [0.29, 0.717) is 0 Å². The van der Waals surface area contributed by atoms with Gasteiger partial charge in [0, 0.05) is 4.45 Å². The van der Waals surface area contributed by atoms with Gasteiger partial charge in [-0.15, -0.1) is 0 Å². The molecule has 0 bridgehead atoms. The third-order valence-electron chi connectivity index (χ3n) is 0.178. The van der Waals surface area contributed by atoms with Gasteiger partial charge in [-0.1, -0.05) is 22.9 Å². The SMILES string of the molecule is CC(Br)[Si]O. The molecular weight excluding hydrogens is 148 g/mol. The molecule has 0 heterocycles. The van der Waals surface area contributed by atoms with Gasteiger partial charge in [-0.05, 0) is 0 Å². The molecule has 0 aromatic heterocycles. The van der Waals surface area contributed by atoms with Gasteiger partial charge in [0.2, 0.25) is 9.76 Å². The first-order valence-corrected chi connectivity index (χ1v) is 3.25. The summed E-state index contributed by atoms with van der Waals surface area (Å²) in [6.45, 7) is 1.90. The van der Waals surface area contributed by atoms with Crippen molar-refractivity contribution in [1.29, 1.82) is 0 Å². The molecule has 0 aliphatic heterocycles. The second-order valence-electron chi connectivity index (χ2n) is 0.745. The molecule has 3 heteroatoms. The largest absolute Gasteiger partial charge is 0.431 e. The standard InChI is InChI=1S/C2H5BrOSi/c1-2(3)5-4/h2,4H,1H3. The Balaban J connectivity index is 2.54. The zero-order valence-corrected chi connectivity index (χ0v) is 5.49. The maximum absolute atomic E-state index is 8.12. The molecule has 2 radical (unpaired) electrons. The summed E-state index contributed by atoms with van der Waals surface area (Å²) in [6, 6.07) is 0. The summed E-state index contributed by atoms with van der Waals surface area (Å²) in [7, 11) is 0.0309. The Labute approximate surface area is 42.5 Å². The lowest BCUT2D eigenvalue weighted by Crippen LogP contribution is -2.00. The van der Waals surface area contributed by atoms with Gasteiger partial charge in [-0.3, -0.25) is 0 Å². The lowest BCUT2D eigenvalue weighted by molar-refractivity contribution is 0.601. The molecule has 1 unspecified atom stereocenters. The molecule has 1 atom stereocenters. The number of hydrogen-bond acceptors (Lipinski definition) is 1. The van der Waals surface area contributed by atoms with E-state index in [0.717, 1.165) is 0 Å². The van der Waals surface area contributed by atoms with Crippen molar-refractivity contribution >= 4 is 25.7 Å². The van der Waals surface area contributed by atoms with Gasteiger partial charge >= 0.3 is 0 Å². The highest BCUT2D eigenvalue weighted by molar-refractivity contribution is 9.10. The van der Waals surface area contributed by atoms with Crippen LogP contribution in [0.3, 0.4) is 0 Å². The van der Waals surface area contributed by atoms with Crippen LogP contribution in [0, 0.1) is 0 Å². The molecular formula is C2H5BrOSi. The fourth-order valence-corrected chi connectivity index (χ4v) is 0. The van der Waals surface area contributed by atoms with Gasteiger partial charge in [-0.2, -0.15) is 0 Å². The molecule has 0 aromatic carbocycles. The van der Waals surface area contributed by atoms with Crippen molar-refractivity contribution in [2.24, 2.45) is 0 Å². The summed E-state index contributed by atoms with van der Waals surface area (Å²) in [6.07, 6.45) is 0. The van der Waals surface area contributed by atoms with E-state index in [9.17, 15) is 0 Å². The summed E-state index contributed by atoms with van der Waals surface area (Å²) >= 11 is 3.14. The normalized spacial score (nSPS) is 15.0. The average molecular weight is 153 g/mol. The molecule has 0 rings (SSSR count). The van der Waals surface area contributed by atoms with Crippen molar-refractivity contribution in [2.75, 3.05) is 0 Å². The maximum Gasteiger partial charge on any atom is 0.239 e. The van der Waals surface area contributed by atoms with E-state index in [-0.39, 0.29) is 14.2 Å². The van der Waals surface area contributed by atoms with Crippen LogP contribution in [0.2, 0.25) is 0 Å². The molecule has 0 saturated carbocycles. The fourth-order valence-electron chi connectivity index (χ4n) is 0. The smallest absolute Gasteiger partial charge is 0.239 e. The van der Waals surface area contributed by atoms with Crippen LogP contribution in [-0.2, 0) is 0 Å². The van der Waals surface area contributed by atoms with Crippen LogP contribution in [0.15, 0.2) is 0 Å². The number of alkyl halides is 1. The van der Waals surface area contributed by atoms with E-state index in [1.165, 1.54) is 0 Å². The molecule has 1 nitrogen and oxygen atoms in total. The quantitative estimate of drug-likeness (QED) is 0.425. The van der Waals surface area contributed by atoms with Gasteiger partial charge in [0.25, 0.3) is 0 Å². The zero-order chi connectivity index (χ0) is 4.28. The molecule has 5 heavy (non-hydrogen) atoms. The van der Waals surface area contributed by atoms with Crippen LogP contribution in [0.5, 0.6) is 0 Å². The van der Waals surface area contributed by atoms with E-state index in [1.54, 1.807) is 0 Å². The Kier molecular flexibility index (Phi) is 3.25. The summed E-state index contributed by atoms with van der Waals surface area (Å²) in [5, 5.41) is 0. The molecule has 0 aliphatic carbocycles. The number of halogens is 1. The highest BCUT2D eigenvalue weighted by Gasteiger charge is 1.88. The Morgan fingerprint density at radius 3 is 2.20 bits per heavy atom. The molecule has 30 valence electrons.